The zero-order valence-corrected chi connectivity index (χ0v) is 14.7. The Morgan fingerprint density at radius 3 is 2.66 bits per heavy atom. The van der Waals surface area contributed by atoms with Crippen LogP contribution in [0.3, 0.4) is 0 Å². The largest absolute Gasteiger partial charge is 0.469 e. The van der Waals surface area contributed by atoms with E-state index in [4.69, 9.17) is 9.47 Å². The smallest absolute Gasteiger partial charge is 0.416 e. The molecular formula is C18H13F3N4O4. The summed E-state index contributed by atoms with van der Waals surface area (Å²) in [5.41, 5.74) is 0.494. The molecule has 0 spiro atoms. The molecule has 150 valence electrons. The number of ether oxygens (including phenoxy) is 2. The van der Waals surface area contributed by atoms with Crippen molar-refractivity contribution in [2.45, 2.75) is 18.8 Å². The maximum absolute atomic E-state index is 12.7. The predicted molar refractivity (Wildman–Crippen MR) is 93.5 cm³/mol. The molecule has 0 saturated heterocycles. The van der Waals surface area contributed by atoms with Crippen LogP contribution in [0, 0.1) is 10.1 Å². The van der Waals surface area contributed by atoms with E-state index in [2.05, 4.69) is 9.97 Å². The molecule has 0 aliphatic carbocycles. The number of pyridine rings is 1. The second kappa shape index (κ2) is 7.08. The molecule has 1 atom stereocenters. The number of rotatable bonds is 4. The third-order valence-electron chi connectivity index (χ3n) is 4.28. The first-order valence-electron chi connectivity index (χ1n) is 8.44. The van der Waals surface area contributed by atoms with Crippen LogP contribution in [0.25, 0.3) is 11.1 Å². The third-order valence-corrected chi connectivity index (χ3v) is 4.28. The number of halogens is 3. The average Bonchev–Trinajstić information content (AvgIpc) is 3.11. The van der Waals surface area contributed by atoms with Gasteiger partial charge in [0.15, 0.2) is 6.10 Å². The van der Waals surface area contributed by atoms with Crippen molar-refractivity contribution in [2.24, 2.45) is 0 Å². The van der Waals surface area contributed by atoms with Gasteiger partial charge in [-0.2, -0.15) is 13.2 Å². The van der Waals surface area contributed by atoms with Crippen LogP contribution in [0.15, 0.2) is 48.8 Å². The Kier molecular flexibility index (Phi) is 4.57. The molecule has 0 unspecified atom stereocenters. The summed E-state index contributed by atoms with van der Waals surface area (Å²) in [6.07, 6.45) is -2.12. The highest BCUT2D eigenvalue weighted by Crippen LogP contribution is 2.31. The Hall–Kier alpha value is -3.63. The van der Waals surface area contributed by atoms with E-state index in [9.17, 15) is 23.3 Å². The number of alkyl halides is 3. The molecule has 0 saturated carbocycles. The molecule has 8 nitrogen and oxygen atoms in total. The van der Waals surface area contributed by atoms with E-state index in [-0.39, 0.29) is 30.9 Å². The predicted octanol–water partition coefficient (Wildman–Crippen LogP) is 3.71. The summed E-state index contributed by atoms with van der Waals surface area (Å²) in [4.78, 5) is 18.1. The molecule has 11 heteroatoms. The summed E-state index contributed by atoms with van der Waals surface area (Å²) in [5.74, 6) is -0.0582. The summed E-state index contributed by atoms with van der Waals surface area (Å²) < 4.78 is 50.8. The van der Waals surface area contributed by atoms with Gasteiger partial charge in [0.25, 0.3) is 0 Å². The highest BCUT2D eigenvalue weighted by Gasteiger charge is 2.30. The van der Waals surface area contributed by atoms with Gasteiger partial charge in [0.2, 0.25) is 5.88 Å². The Bertz CT molecular complexity index is 1050. The Morgan fingerprint density at radius 2 is 1.97 bits per heavy atom. The number of hydrogen-bond acceptors (Lipinski definition) is 6. The van der Waals surface area contributed by atoms with E-state index in [1.807, 2.05) is 0 Å². The number of aromatic nitrogens is 3. The van der Waals surface area contributed by atoms with Gasteiger partial charge in [-0.3, -0.25) is 4.57 Å². The maximum Gasteiger partial charge on any atom is 0.416 e. The maximum atomic E-state index is 12.7. The van der Waals surface area contributed by atoms with Crippen LogP contribution in [-0.2, 0) is 12.7 Å². The fourth-order valence-electron chi connectivity index (χ4n) is 2.91. The second-order valence-corrected chi connectivity index (χ2v) is 6.30. The lowest BCUT2D eigenvalue weighted by Crippen LogP contribution is -2.34. The molecule has 0 radical (unpaired) electrons. The SMILES string of the molecule is O=[N+]([O-])c1cn2c(n1)OC[C@@H](Oc1cc(-c3ccc(C(F)(F)F)cc3)ccn1)C2. The fourth-order valence-corrected chi connectivity index (χ4v) is 2.91. The minimum atomic E-state index is -4.40. The number of nitrogens with zero attached hydrogens (tertiary/aromatic N) is 4. The van der Waals surface area contributed by atoms with Crippen LogP contribution in [0.5, 0.6) is 11.9 Å². The Balaban J connectivity index is 1.49. The van der Waals surface area contributed by atoms with Crippen molar-refractivity contribution in [1.29, 1.82) is 0 Å². The summed E-state index contributed by atoms with van der Waals surface area (Å²) in [6.45, 7) is 0.405. The highest BCUT2D eigenvalue weighted by atomic mass is 19.4. The fraction of sp³-hybridized carbons (Fsp3) is 0.222. The van der Waals surface area contributed by atoms with Gasteiger partial charge in [0, 0.05) is 17.2 Å². The van der Waals surface area contributed by atoms with E-state index in [0.29, 0.717) is 11.1 Å². The molecule has 29 heavy (non-hydrogen) atoms. The summed E-state index contributed by atoms with van der Waals surface area (Å²) in [6, 6.07) is 8.18. The quantitative estimate of drug-likeness (QED) is 0.485. The van der Waals surface area contributed by atoms with Crippen molar-refractivity contribution < 1.29 is 27.6 Å². The van der Waals surface area contributed by atoms with Gasteiger partial charge in [-0.15, -0.1) is 0 Å². The molecule has 3 aromatic rings. The van der Waals surface area contributed by atoms with E-state index >= 15 is 0 Å². The molecule has 0 bridgehead atoms. The third kappa shape index (κ3) is 3.98. The molecule has 2 aromatic heterocycles. The van der Waals surface area contributed by atoms with Gasteiger partial charge in [-0.25, -0.2) is 4.98 Å². The van der Waals surface area contributed by atoms with Crippen molar-refractivity contribution in [2.75, 3.05) is 6.61 Å². The van der Waals surface area contributed by atoms with E-state index in [1.165, 1.54) is 29.1 Å². The van der Waals surface area contributed by atoms with Crippen molar-refractivity contribution in [3.05, 3.63) is 64.5 Å². The van der Waals surface area contributed by atoms with E-state index in [0.717, 1.165) is 12.1 Å². The number of imidazole rings is 1. The zero-order chi connectivity index (χ0) is 20.6. The highest BCUT2D eigenvalue weighted by molar-refractivity contribution is 5.64. The minimum absolute atomic E-state index is 0.125. The van der Waals surface area contributed by atoms with Crippen molar-refractivity contribution in [1.82, 2.24) is 14.5 Å². The standard InChI is InChI=1S/C18H13F3N4O4/c19-18(20,21)13-3-1-11(2-4-13)12-5-6-22-16(7-12)29-14-8-24-9-15(25(26)27)23-17(24)28-10-14/h1-7,9,14H,8,10H2/t14-/m0/s1. The molecule has 3 heterocycles. The summed E-state index contributed by atoms with van der Waals surface area (Å²) in [5, 5.41) is 10.8. The molecule has 1 aliphatic rings. The topological polar surface area (TPSA) is 92.3 Å². The molecular weight excluding hydrogens is 393 g/mol. The molecule has 1 aliphatic heterocycles. The number of hydrogen-bond donors (Lipinski definition) is 0. The Morgan fingerprint density at radius 1 is 1.21 bits per heavy atom. The van der Waals surface area contributed by atoms with E-state index in [1.54, 1.807) is 12.1 Å². The first-order chi connectivity index (χ1) is 13.8. The van der Waals surface area contributed by atoms with Gasteiger partial charge in [-0.1, -0.05) is 12.1 Å². The van der Waals surface area contributed by atoms with Gasteiger partial charge < -0.3 is 19.6 Å². The van der Waals surface area contributed by atoms with Gasteiger partial charge in [0.05, 0.1) is 12.1 Å². The monoisotopic (exact) mass is 406 g/mol. The van der Waals surface area contributed by atoms with Crippen LogP contribution in [-0.4, -0.2) is 32.2 Å². The van der Waals surface area contributed by atoms with Gasteiger partial charge in [-0.05, 0) is 34.2 Å². The summed E-state index contributed by atoms with van der Waals surface area (Å²) in [7, 11) is 0. The van der Waals surface area contributed by atoms with Crippen LogP contribution in [0.1, 0.15) is 5.56 Å². The lowest BCUT2D eigenvalue weighted by Gasteiger charge is -2.22. The first kappa shape index (κ1) is 18.7. The van der Waals surface area contributed by atoms with Crippen molar-refractivity contribution in [3.8, 4) is 23.0 Å². The second-order valence-electron chi connectivity index (χ2n) is 6.30. The molecule has 1 aromatic carbocycles. The molecule has 0 fully saturated rings. The Labute approximate surface area is 161 Å². The number of benzene rings is 1. The lowest BCUT2D eigenvalue weighted by atomic mass is 10.0. The zero-order valence-electron chi connectivity index (χ0n) is 14.7. The molecule has 0 amide bonds. The van der Waals surface area contributed by atoms with Gasteiger partial charge in [0.1, 0.15) is 12.8 Å². The van der Waals surface area contributed by atoms with Crippen LogP contribution in [0.2, 0.25) is 0 Å². The molecule has 0 N–H and O–H groups in total. The average molecular weight is 406 g/mol. The van der Waals surface area contributed by atoms with Crippen LogP contribution in [0.4, 0.5) is 19.0 Å². The first-order valence-corrected chi connectivity index (χ1v) is 8.44. The van der Waals surface area contributed by atoms with Crippen LogP contribution < -0.4 is 9.47 Å². The lowest BCUT2D eigenvalue weighted by molar-refractivity contribution is -0.389. The van der Waals surface area contributed by atoms with Crippen molar-refractivity contribution in [3.63, 3.8) is 0 Å². The van der Waals surface area contributed by atoms with E-state index < -0.39 is 22.8 Å². The number of nitro groups is 1. The van der Waals surface area contributed by atoms with Gasteiger partial charge >= 0.3 is 18.0 Å². The molecule has 4 rings (SSSR count). The minimum Gasteiger partial charge on any atom is -0.469 e. The summed E-state index contributed by atoms with van der Waals surface area (Å²) >= 11 is 0. The van der Waals surface area contributed by atoms with Crippen LogP contribution >= 0.6 is 0 Å². The number of fused-ring (bicyclic) bond motifs is 1. The normalized spacial score (nSPS) is 16.0. The van der Waals surface area contributed by atoms with Crippen molar-refractivity contribution >= 4 is 5.82 Å².